The molecule has 7 heteroatoms. The zero-order chi connectivity index (χ0) is 15.6. The average molecular weight is 323 g/mol. The lowest BCUT2D eigenvalue weighted by molar-refractivity contribution is 0.598. The van der Waals surface area contributed by atoms with Gasteiger partial charge in [-0.05, 0) is 13.0 Å². The fourth-order valence-corrected chi connectivity index (χ4v) is 3.37. The Bertz CT molecular complexity index is 788. The molecule has 0 saturated heterocycles. The maximum Gasteiger partial charge on any atom is 0.149 e. The van der Waals surface area contributed by atoms with Crippen LogP contribution >= 0.6 is 12.2 Å². The summed E-state index contributed by atoms with van der Waals surface area (Å²) in [6.45, 7) is 1.81. The number of aromatic nitrogens is 1. The van der Waals surface area contributed by atoms with E-state index in [0.717, 1.165) is 16.6 Å². The highest BCUT2D eigenvalue weighted by Gasteiger charge is 2.15. The minimum Gasteiger partial charge on any atom is -0.389 e. The van der Waals surface area contributed by atoms with E-state index in [1.165, 1.54) is 6.26 Å². The standard InChI is InChI=1S/C14H17N3O2S2/c1-9(8-21(2,18)19)17-13-10-5-3-4-6-12(10)16-7-11(13)14(15)20/h3-7,9H,8H2,1-2H3,(H2,15,20)(H,16,17). The topological polar surface area (TPSA) is 85.1 Å². The molecule has 1 heterocycles. The minimum absolute atomic E-state index is 0.0282. The van der Waals surface area contributed by atoms with Crippen LogP contribution in [0.25, 0.3) is 10.9 Å². The maximum atomic E-state index is 11.4. The van der Waals surface area contributed by atoms with Crippen molar-refractivity contribution in [2.75, 3.05) is 17.3 Å². The molecule has 2 aromatic rings. The van der Waals surface area contributed by atoms with Gasteiger partial charge in [0.15, 0.2) is 0 Å². The summed E-state index contributed by atoms with van der Waals surface area (Å²) in [6.07, 6.45) is 2.82. The first kappa shape index (κ1) is 15.7. The zero-order valence-electron chi connectivity index (χ0n) is 11.8. The van der Waals surface area contributed by atoms with E-state index in [0.29, 0.717) is 5.56 Å². The average Bonchev–Trinajstić information content (AvgIpc) is 2.36. The summed E-state index contributed by atoms with van der Waals surface area (Å²) in [5, 5.41) is 4.07. The van der Waals surface area contributed by atoms with E-state index in [2.05, 4.69) is 10.3 Å². The number of anilines is 1. The summed E-state index contributed by atoms with van der Waals surface area (Å²) in [4.78, 5) is 4.54. The Hall–Kier alpha value is -1.73. The minimum atomic E-state index is -3.07. The fraction of sp³-hybridized carbons (Fsp3) is 0.286. The molecule has 1 aromatic heterocycles. The summed E-state index contributed by atoms with van der Waals surface area (Å²) in [5.74, 6) is 0.0282. The second kappa shape index (κ2) is 5.95. The number of nitrogens with zero attached hydrogens (tertiary/aromatic N) is 1. The van der Waals surface area contributed by atoms with Crippen molar-refractivity contribution in [3.8, 4) is 0 Å². The summed E-state index contributed by atoms with van der Waals surface area (Å²) in [6, 6.07) is 7.29. The van der Waals surface area contributed by atoms with Crippen LogP contribution in [0.3, 0.4) is 0 Å². The van der Waals surface area contributed by atoms with Gasteiger partial charge in [-0.25, -0.2) is 8.42 Å². The molecule has 3 N–H and O–H groups in total. The molecule has 5 nitrogen and oxygen atoms in total. The van der Waals surface area contributed by atoms with Crippen LogP contribution in [0.4, 0.5) is 5.69 Å². The summed E-state index contributed by atoms with van der Waals surface area (Å²) in [7, 11) is -3.07. The number of thiocarbonyl (C=S) groups is 1. The lowest BCUT2D eigenvalue weighted by Gasteiger charge is -2.18. The maximum absolute atomic E-state index is 11.4. The quantitative estimate of drug-likeness (QED) is 0.815. The predicted molar refractivity (Wildman–Crippen MR) is 90.4 cm³/mol. The Morgan fingerprint density at radius 2 is 2.10 bits per heavy atom. The molecule has 2 rings (SSSR count). The first-order valence-electron chi connectivity index (χ1n) is 6.40. The van der Waals surface area contributed by atoms with Crippen molar-refractivity contribution >= 4 is 43.6 Å². The van der Waals surface area contributed by atoms with Gasteiger partial charge in [0.2, 0.25) is 0 Å². The zero-order valence-corrected chi connectivity index (χ0v) is 13.5. The number of nitrogens with two attached hydrogens (primary N) is 1. The number of hydrogen-bond acceptors (Lipinski definition) is 5. The van der Waals surface area contributed by atoms with Gasteiger partial charge in [-0.3, -0.25) is 4.98 Å². The van der Waals surface area contributed by atoms with Crippen LogP contribution < -0.4 is 11.1 Å². The van der Waals surface area contributed by atoms with Crippen molar-refractivity contribution in [2.45, 2.75) is 13.0 Å². The van der Waals surface area contributed by atoms with E-state index in [9.17, 15) is 8.42 Å². The summed E-state index contributed by atoms with van der Waals surface area (Å²) < 4.78 is 22.8. The number of hydrogen-bond donors (Lipinski definition) is 2. The fourth-order valence-electron chi connectivity index (χ4n) is 2.23. The lowest BCUT2D eigenvalue weighted by atomic mass is 10.1. The van der Waals surface area contributed by atoms with E-state index in [-0.39, 0.29) is 16.8 Å². The van der Waals surface area contributed by atoms with E-state index in [1.807, 2.05) is 24.3 Å². The molecule has 0 aliphatic rings. The van der Waals surface area contributed by atoms with Crippen molar-refractivity contribution < 1.29 is 8.42 Å². The second-order valence-corrected chi connectivity index (χ2v) is 7.69. The van der Waals surface area contributed by atoms with Crippen LogP contribution in [-0.4, -0.2) is 36.4 Å². The third-order valence-electron chi connectivity index (χ3n) is 2.98. The molecule has 112 valence electrons. The van der Waals surface area contributed by atoms with Gasteiger partial charge < -0.3 is 11.1 Å². The molecular weight excluding hydrogens is 306 g/mol. The number of rotatable bonds is 5. The molecule has 1 atom stereocenters. The second-order valence-electron chi connectivity index (χ2n) is 5.07. The molecule has 21 heavy (non-hydrogen) atoms. The van der Waals surface area contributed by atoms with E-state index in [1.54, 1.807) is 13.1 Å². The highest BCUT2D eigenvalue weighted by molar-refractivity contribution is 7.90. The molecule has 0 amide bonds. The molecule has 0 saturated carbocycles. The molecule has 0 fully saturated rings. The Morgan fingerprint density at radius 3 is 2.71 bits per heavy atom. The van der Waals surface area contributed by atoms with Crippen LogP contribution in [0.15, 0.2) is 30.5 Å². The molecule has 0 aliphatic heterocycles. The van der Waals surface area contributed by atoms with Crippen LogP contribution in [0.2, 0.25) is 0 Å². The largest absolute Gasteiger partial charge is 0.389 e. The lowest BCUT2D eigenvalue weighted by Crippen LogP contribution is -2.26. The third-order valence-corrected chi connectivity index (χ3v) is 4.31. The summed E-state index contributed by atoms with van der Waals surface area (Å²) in [5.41, 5.74) is 7.88. The van der Waals surface area contributed by atoms with E-state index in [4.69, 9.17) is 18.0 Å². The highest BCUT2D eigenvalue weighted by atomic mass is 32.2. The first-order valence-corrected chi connectivity index (χ1v) is 8.86. The number of benzene rings is 1. The van der Waals surface area contributed by atoms with Gasteiger partial charge in [-0.2, -0.15) is 0 Å². The molecule has 0 radical (unpaired) electrons. The van der Waals surface area contributed by atoms with Crippen LogP contribution in [0.1, 0.15) is 12.5 Å². The van der Waals surface area contributed by atoms with Crippen LogP contribution in [-0.2, 0) is 9.84 Å². The molecule has 1 unspecified atom stereocenters. The number of sulfone groups is 1. The number of fused-ring (bicyclic) bond motifs is 1. The predicted octanol–water partition coefficient (Wildman–Crippen LogP) is 1.71. The molecule has 1 aromatic carbocycles. The Labute approximate surface area is 129 Å². The molecule has 0 spiro atoms. The van der Waals surface area contributed by atoms with Gasteiger partial charge in [0, 0.05) is 23.9 Å². The Kier molecular flexibility index (Phi) is 4.43. The van der Waals surface area contributed by atoms with E-state index < -0.39 is 9.84 Å². The third kappa shape index (κ3) is 3.89. The SMILES string of the molecule is CC(CS(C)(=O)=O)Nc1c(C(N)=S)cnc2ccccc12. The Balaban J connectivity index is 2.49. The molecular formula is C14H17N3O2S2. The number of nitrogens with one attached hydrogen (secondary N) is 1. The highest BCUT2D eigenvalue weighted by Crippen LogP contribution is 2.26. The summed E-state index contributed by atoms with van der Waals surface area (Å²) >= 11 is 5.05. The van der Waals surface area contributed by atoms with Gasteiger partial charge in [0.1, 0.15) is 14.8 Å². The molecule has 0 aliphatic carbocycles. The van der Waals surface area contributed by atoms with Gasteiger partial charge in [-0.15, -0.1) is 0 Å². The first-order chi connectivity index (χ1) is 9.78. The number of pyridine rings is 1. The van der Waals surface area contributed by atoms with Gasteiger partial charge in [0.05, 0.1) is 22.5 Å². The molecule has 0 bridgehead atoms. The van der Waals surface area contributed by atoms with Crippen molar-refractivity contribution in [3.05, 3.63) is 36.0 Å². The number of para-hydroxylation sites is 1. The van der Waals surface area contributed by atoms with Crippen molar-refractivity contribution in [1.82, 2.24) is 4.98 Å². The van der Waals surface area contributed by atoms with Crippen molar-refractivity contribution in [3.63, 3.8) is 0 Å². The van der Waals surface area contributed by atoms with Crippen LogP contribution in [0, 0.1) is 0 Å². The van der Waals surface area contributed by atoms with Gasteiger partial charge >= 0.3 is 0 Å². The van der Waals surface area contributed by atoms with Crippen molar-refractivity contribution in [2.24, 2.45) is 5.73 Å². The van der Waals surface area contributed by atoms with Crippen LogP contribution in [0.5, 0.6) is 0 Å². The smallest absolute Gasteiger partial charge is 0.149 e. The van der Waals surface area contributed by atoms with Gasteiger partial charge in [0.25, 0.3) is 0 Å². The normalized spacial score (nSPS) is 13.0. The van der Waals surface area contributed by atoms with E-state index >= 15 is 0 Å². The Morgan fingerprint density at radius 1 is 1.43 bits per heavy atom. The van der Waals surface area contributed by atoms with Gasteiger partial charge in [-0.1, -0.05) is 30.4 Å². The van der Waals surface area contributed by atoms with Crippen molar-refractivity contribution in [1.29, 1.82) is 0 Å². The monoisotopic (exact) mass is 323 g/mol.